The smallest absolute Gasteiger partial charge is 0.0474 e. The first kappa shape index (κ1) is 12.3. The summed E-state index contributed by atoms with van der Waals surface area (Å²) in [6.07, 6.45) is 6.65. The van der Waals surface area contributed by atoms with Crippen molar-refractivity contribution in [3.63, 3.8) is 0 Å². The molecule has 1 spiro atoms. The molecule has 0 aliphatic carbocycles. The number of hydrogen-bond donors (Lipinski definition) is 1. The summed E-state index contributed by atoms with van der Waals surface area (Å²) < 4.78 is 5.16. The van der Waals surface area contributed by atoms with Crippen LogP contribution >= 0.6 is 0 Å². The Labute approximate surface area is 99.5 Å². The molecule has 1 N–H and O–H groups in total. The zero-order valence-corrected chi connectivity index (χ0v) is 10.8. The van der Waals surface area contributed by atoms with E-state index in [0.29, 0.717) is 11.6 Å². The number of nitrogens with one attached hydrogen (secondary N) is 1. The van der Waals surface area contributed by atoms with Gasteiger partial charge in [-0.1, -0.05) is 0 Å². The predicted octanol–water partition coefficient (Wildman–Crippen LogP) is 1.63. The molecule has 3 heteroatoms. The minimum Gasteiger partial charge on any atom is -0.385 e. The van der Waals surface area contributed by atoms with Gasteiger partial charge in [-0.2, -0.15) is 0 Å². The quantitative estimate of drug-likeness (QED) is 0.737. The standard InChI is InChI=1S/C13H26N2O/c1-12-13(6-3-8-14-12)7-4-9-15(13)10-5-11-16-2/h12,14H,3-11H2,1-2H3. The van der Waals surface area contributed by atoms with Gasteiger partial charge in [-0.25, -0.2) is 0 Å². The van der Waals surface area contributed by atoms with Crippen molar-refractivity contribution in [1.82, 2.24) is 10.2 Å². The Hall–Kier alpha value is -0.120. The lowest BCUT2D eigenvalue weighted by Gasteiger charge is -2.47. The van der Waals surface area contributed by atoms with Gasteiger partial charge in [-0.15, -0.1) is 0 Å². The fraction of sp³-hybridized carbons (Fsp3) is 1.00. The molecule has 3 nitrogen and oxygen atoms in total. The van der Waals surface area contributed by atoms with Crippen LogP contribution in [0.15, 0.2) is 0 Å². The molecule has 2 saturated heterocycles. The number of hydrogen-bond acceptors (Lipinski definition) is 3. The molecular formula is C13H26N2O. The summed E-state index contributed by atoms with van der Waals surface area (Å²) in [7, 11) is 1.80. The Morgan fingerprint density at radius 2 is 2.19 bits per heavy atom. The van der Waals surface area contributed by atoms with Gasteiger partial charge in [0, 0.05) is 31.8 Å². The summed E-state index contributed by atoms with van der Waals surface area (Å²) in [5.74, 6) is 0. The molecular weight excluding hydrogens is 200 g/mol. The summed E-state index contributed by atoms with van der Waals surface area (Å²) in [5.41, 5.74) is 0.464. The monoisotopic (exact) mass is 226 g/mol. The molecule has 2 aliphatic rings. The predicted molar refractivity (Wildman–Crippen MR) is 66.7 cm³/mol. The van der Waals surface area contributed by atoms with Gasteiger partial charge >= 0.3 is 0 Å². The van der Waals surface area contributed by atoms with Crippen molar-refractivity contribution in [1.29, 1.82) is 0 Å². The van der Waals surface area contributed by atoms with E-state index in [1.165, 1.54) is 51.7 Å². The fourth-order valence-electron chi connectivity index (χ4n) is 3.58. The van der Waals surface area contributed by atoms with Crippen LogP contribution in [0.5, 0.6) is 0 Å². The van der Waals surface area contributed by atoms with Gasteiger partial charge in [-0.3, -0.25) is 4.90 Å². The van der Waals surface area contributed by atoms with Crippen molar-refractivity contribution in [3.8, 4) is 0 Å². The first-order chi connectivity index (χ1) is 7.79. The van der Waals surface area contributed by atoms with Crippen LogP contribution in [-0.2, 0) is 4.74 Å². The molecule has 0 bridgehead atoms. The van der Waals surface area contributed by atoms with E-state index in [4.69, 9.17) is 4.74 Å². The van der Waals surface area contributed by atoms with E-state index >= 15 is 0 Å². The molecule has 2 atom stereocenters. The zero-order valence-electron chi connectivity index (χ0n) is 10.8. The Balaban J connectivity index is 1.95. The SMILES string of the molecule is COCCCN1CCCC12CCCNC2C. The average Bonchev–Trinajstić information content (AvgIpc) is 2.68. The molecule has 2 rings (SSSR count). The second-order valence-electron chi connectivity index (χ2n) is 5.32. The van der Waals surface area contributed by atoms with E-state index in [0.717, 1.165) is 6.61 Å². The van der Waals surface area contributed by atoms with Crippen LogP contribution in [0.25, 0.3) is 0 Å². The molecule has 0 aromatic rings. The second-order valence-corrected chi connectivity index (χ2v) is 5.32. The van der Waals surface area contributed by atoms with Crippen molar-refractivity contribution < 1.29 is 4.74 Å². The molecule has 2 fully saturated rings. The van der Waals surface area contributed by atoms with Crippen LogP contribution in [0, 0.1) is 0 Å². The first-order valence-electron chi connectivity index (χ1n) is 6.77. The molecule has 16 heavy (non-hydrogen) atoms. The van der Waals surface area contributed by atoms with Gasteiger partial charge in [0.1, 0.15) is 0 Å². The average molecular weight is 226 g/mol. The molecule has 2 aliphatic heterocycles. The maximum atomic E-state index is 5.16. The van der Waals surface area contributed by atoms with E-state index in [2.05, 4.69) is 17.1 Å². The topological polar surface area (TPSA) is 24.5 Å². The van der Waals surface area contributed by atoms with E-state index in [-0.39, 0.29) is 0 Å². The number of piperidine rings is 1. The van der Waals surface area contributed by atoms with Gasteiger partial charge in [0.05, 0.1) is 0 Å². The van der Waals surface area contributed by atoms with Gasteiger partial charge in [-0.05, 0) is 52.1 Å². The Morgan fingerprint density at radius 1 is 1.38 bits per heavy atom. The van der Waals surface area contributed by atoms with Crippen molar-refractivity contribution >= 4 is 0 Å². The molecule has 0 saturated carbocycles. The number of methoxy groups -OCH3 is 1. The first-order valence-corrected chi connectivity index (χ1v) is 6.77. The minimum absolute atomic E-state index is 0.464. The van der Waals surface area contributed by atoms with Crippen molar-refractivity contribution in [2.24, 2.45) is 0 Å². The molecule has 94 valence electrons. The van der Waals surface area contributed by atoms with Crippen LogP contribution in [0.2, 0.25) is 0 Å². The third kappa shape index (κ3) is 2.27. The molecule has 2 heterocycles. The minimum atomic E-state index is 0.464. The summed E-state index contributed by atoms with van der Waals surface area (Å²) in [6.45, 7) is 6.96. The second kappa shape index (κ2) is 5.48. The van der Waals surface area contributed by atoms with Crippen LogP contribution in [0.1, 0.15) is 39.0 Å². The van der Waals surface area contributed by atoms with Gasteiger partial charge in [0.25, 0.3) is 0 Å². The number of nitrogens with zero attached hydrogens (tertiary/aromatic N) is 1. The third-order valence-corrected chi connectivity index (χ3v) is 4.49. The Kier molecular flexibility index (Phi) is 4.22. The van der Waals surface area contributed by atoms with Crippen LogP contribution in [0.3, 0.4) is 0 Å². The van der Waals surface area contributed by atoms with Gasteiger partial charge in [0.15, 0.2) is 0 Å². The summed E-state index contributed by atoms with van der Waals surface area (Å²) in [6, 6.07) is 0.659. The number of ether oxygens (including phenoxy) is 1. The van der Waals surface area contributed by atoms with Crippen LogP contribution < -0.4 is 5.32 Å². The lowest BCUT2D eigenvalue weighted by Crippen LogP contribution is -2.60. The van der Waals surface area contributed by atoms with E-state index < -0.39 is 0 Å². The molecule has 2 unspecified atom stereocenters. The maximum Gasteiger partial charge on any atom is 0.0474 e. The molecule has 0 radical (unpaired) electrons. The Bertz CT molecular complexity index is 222. The van der Waals surface area contributed by atoms with Crippen LogP contribution in [0.4, 0.5) is 0 Å². The maximum absolute atomic E-state index is 5.16. The molecule has 0 amide bonds. The Morgan fingerprint density at radius 3 is 2.94 bits per heavy atom. The summed E-state index contributed by atoms with van der Waals surface area (Å²) in [4.78, 5) is 2.73. The lowest BCUT2D eigenvalue weighted by atomic mass is 9.81. The van der Waals surface area contributed by atoms with E-state index in [1.54, 1.807) is 7.11 Å². The van der Waals surface area contributed by atoms with E-state index in [9.17, 15) is 0 Å². The summed E-state index contributed by atoms with van der Waals surface area (Å²) in [5, 5.41) is 3.66. The fourth-order valence-corrected chi connectivity index (χ4v) is 3.58. The highest BCUT2D eigenvalue weighted by molar-refractivity contribution is 5.04. The van der Waals surface area contributed by atoms with Crippen LogP contribution in [-0.4, -0.2) is 49.8 Å². The van der Waals surface area contributed by atoms with Gasteiger partial charge < -0.3 is 10.1 Å². The largest absolute Gasteiger partial charge is 0.385 e. The third-order valence-electron chi connectivity index (χ3n) is 4.49. The van der Waals surface area contributed by atoms with Crippen molar-refractivity contribution in [2.45, 2.75) is 50.6 Å². The zero-order chi connectivity index (χ0) is 11.4. The highest BCUT2D eigenvalue weighted by Crippen LogP contribution is 2.38. The number of rotatable bonds is 4. The van der Waals surface area contributed by atoms with Crippen molar-refractivity contribution in [3.05, 3.63) is 0 Å². The molecule has 0 aromatic heterocycles. The summed E-state index contributed by atoms with van der Waals surface area (Å²) >= 11 is 0. The van der Waals surface area contributed by atoms with Gasteiger partial charge in [0.2, 0.25) is 0 Å². The normalized spacial score (nSPS) is 36.0. The lowest BCUT2D eigenvalue weighted by molar-refractivity contribution is 0.0593. The number of likely N-dealkylation sites (tertiary alicyclic amines) is 1. The highest BCUT2D eigenvalue weighted by Gasteiger charge is 2.45. The highest BCUT2D eigenvalue weighted by atomic mass is 16.5. The van der Waals surface area contributed by atoms with Crippen molar-refractivity contribution in [2.75, 3.05) is 33.4 Å². The van der Waals surface area contributed by atoms with E-state index in [1.807, 2.05) is 0 Å². The molecule has 0 aromatic carbocycles.